The van der Waals surface area contributed by atoms with Crippen LogP contribution in [0.25, 0.3) is 11.3 Å². The molecule has 0 amide bonds. The van der Waals surface area contributed by atoms with E-state index in [4.69, 9.17) is 0 Å². The fourth-order valence-electron chi connectivity index (χ4n) is 1.81. The standard InChI is InChI=1S/C10H6Br2N2S/c11-7-5-3-1-2-4-6(5)9-10(8(7)12)14-15-13-9/h1-4,7-8H. The predicted molar refractivity (Wildman–Crippen MR) is 68.7 cm³/mol. The fourth-order valence-corrected chi connectivity index (χ4v) is 3.80. The third-order valence-corrected chi connectivity index (χ3v) is 5.78. The van der Waals surface area contributed by atoms with Crippen LogP contribution in [-0.2, 0) is 0 Å². The highest BCUT2D eigenvalue weighted by molar-refractivity contribution is 9.12. The maximum atomic E-state index is 4.36. The first-order valence-electron chi connectivity index (χ1n) is 4.49. The van der Waals surface area contributed by atoms with Crippen molar-refractivity contribution in [3.05, 3.63) is 35.5 Å². The van der Waals surface area contributed by atoms with Crippen LogP contribution in [-0.4, -0.2) is 8.75 Å². The number of nitrogens with zero attached hydrogens (tertiary/aromatic N) is 2. The second kappa shape index (κ2) is 3.64. The van der Waals surface area contributed by atoms with Crippen molar-refractivity contribution in [1.29, 1.82) is 0 Å². The minimum atomic E-state index is 0.209. The molecule has 1 aromatic carbocycles. The topological polar surface area (TPSA) is 25.8 Å². The quantitative estimate of drug-likeness (QED) is 0.672. The van der Waals surface area contributed by atoms with Gasteiger partial charge in [-0.2, -0.15) is 8.75 Å². The number of hydrogen-bond acceptors (Lipinski definition) is 3. The third-order valence-electron chi connectivity index (χ3n) is 2.55. The van der Waals surface area contributed by atoms with Crippen molar-refractivity contribution in [3.63, 3.8) is 0 Å². The van der Waals surface area contributed by atoms with Crippen LogP contribution in [0.4, 0.5) is 0 Å². The van der Waals surface area contributed by atoms with E-state index in [-0.39, 0.29) is 9.65 Å². The predicted octanol–water partition coefficient (Wildman–Crippen LogP) is 4.09. The van der Waals surface area contributed by atoms with Crippen LogP contribution < -0.4 is 0 Å². The summed E-state index contributed by atoms with van der Waals surface area (Å²) < 4.78 is 8.70. The van der Waals surface area contributed by atoms with Gasteiger partial charge < -0.3 is 0 Å². The van der Waals surface area contributed by atoms with E-state index in [2.05, 4.69) is 58.8 Å². The van der Waals surface area contributed by atoms with Crippen LogP contribution >= 0.6 is 43.6 Å². The average Bonchev–Trinajstić information content (AvgIpc) is 2.75. The molecule has 1 aliphatic carbocycles. The van der Waals surface area contributed by atoms with Gasteiger partial charge in [-0.3, -0.25) is 0 Å². The maximum absolute atomic E-state index is 4.36. The Morgan fingerprint density at radius 1 is 1.07 bits per heavy atom. The maximum Gasteiger partial charge on any atom is 0.109 e. The highest BCUT2D eigenvalue weighted by atomic mass is 79.9. The van der Waals surface area contributed by atoms with E-state index in [1.54, 1.807) is 0 Å². The molecule has 2 nitrogen and oxygen atoms in total. The van der Waals surface area contributed by atoms with Crippen molar-refractivity contribution < 1.29 is 0 Å². The Bertz CT molecular complexity index is 512. The van der Waals surface area contributed by atoms with Gasteiger partial charge in [0, 0.05) is 5.56 Å². The van der Waals surface area contributed by atoms with E-state index in [0.717, 1.165) is 11.4 Å². The Hall–Kier alpha value is -0.260. The molecule has 2 atom stereocenters. The van der Waals surface area contributed by atoms with Gasteiger partial charge in [0.2, 0.25) is 0 Å². The molecule has 2 unspecified atom stereocenters. The lowest BCUT2D eigenvalue weighted by atomic mass is 9.92. The number of halogens is 2. The second-order valence-corrected chi connectivity index (χ2v) is 5.89. The molecular formula is C10H6Br2N2S. The highest BCUT2D eigenvalue weighted by Crippen LogP contribution is 2.51. The summed E-state index contributed by atoms with van der Waals surface area (Å²) in [4.78, 5) is 0.478. The summed E-state index contributed by atoms with van der Waals surface area (Å²) in [7, 11) is 0. The molecule has 15 heavy (non-hydrogen) atoms. The van der Waals surface area contributed by atoms with E-state index >= 15 is 0 Å². The molecule has 5 heteroatoms. The van der Waals surface area contributed by atoms with Crippen LogP contribution in [0.3, 0.4) is 0 Å². The Morgan fingerprint density at radius 3 is 2.73 bits per heavy atom. The summed E-state index contributed by atoms with van der Waals surface area (Å²) in [6, 6.07) is 8.32. The molecular weight excluding hydrogens is 340 g/mol. The minimum Gasteiger partial charge on any atom is -0.176 e. The molecule has 0 bridgehead atoms. The SMILES string of the molecule is BrC1c2ccccc2-c2nsnc2C1Br. The molecule has 0 N–H and O–H groups in total. The number of alkyl halides is 2. The van der Waals surface area contributed by atoms with Crippen molar-refractivity contribution >= 4 is 43.6 Å². The van der Waals surface area contributed by atoms with Crippen molar-refractivity contribution in [2.75, 3.05) is 0 Å². The highest BCUT2D eigenvalue weighted by Gasteiger charge is 2.33. The number of aromatic nitrogens is 2. The van der Waals surface area contributed by atoms with Crippen molar-refractivity contribution in [2.24, 2.45) is 0 Å². The smallest absolute Gasteiger partial charge is 0.109 e. The molecule has 0 saturated heterocycles. The summed E-state index contributed by atoms with van der Waals surface area (Å²) in [5, 5.41) is 0. The molecule has 2 aromatic rings. The number of benzene rings is 1. The van der Waals surface area contributed by atoms with Crippen molar-refractivity contribution in [1.82, 2.24) is 8.75 Å². The Kier molecular flexibility index (Phi) is 2.41. The van der Waals surface area contributed by atoms with Crippen molar-refractivity contribution in [2.45, 2.75) is 9.65 Å². The van der Waals surface area contributed by atoms with Gasteiger partial charge in [0.1, 0.15) is 5.69 Å². The van der Waals surface area contributed by atoms with E-state index in [1.807, 2.05) is 6.07 Å². The molecule has 1 aromatic heterocycles. The first-order valence-corrected chi connectivity index (χ1v) is 7.05. The molecule has 1 aliphatic rings. The van der Waals surface area contributed by atoms with Gasteiger partial charge in [0.05, 0.1) is 27.1 Å². The van der Waals surface area contributed by atoms with Crippen LogP contribution in [0.15, 0.2) is 24.3 Å². The zero-order valence-electron chi connectivity index (χ0n) is 7.52. The first-order chi connectivity index (χ1) is 7.29. The number of rotatable bonds is 0. The Morgan fingerprint density at radius 2 is 1.87 bits per heavy atom. The van der Waals surface area contributed by atoms with Crippen LogP contribution in [0.1, 0.15) is 20.9 Å². The molecule has 0 radical (unpaired) electrons. The van der Waals surface area contributed by atoms with Gasteiger partial charge in [-0.25, -0.2) is 0 Å². The molecule has 0 aliphatic heterocycles. The lowest BCUT2D eigenvalue weighted by Crippen LogP contribution is -2.08. The van der Waals surface area contributed by atoms with Crippen LogP contribution in [0, 0.1) is 0 Å². The Balaban J connectivity index is 2.32. The Labute approximate surface area is 108 Å². The lowest BCUT2D eigenvalue weighted by molar-refractivity contribution is 0.893. The third kappa shape index (κ3) is 1.40. The average molecular weight is 346 g/mol. The van der Waals surface area contributed by atoms with Gasteiger partial charge in [0.15, 0.2) is 0 Å². The summed E-state index contributed by atoms with van der Waals surface area (Å²) in [6.45, 7) is 0. The molecule has 0 fully saturated rings. The van der Waals surface area contributed by atoms with E-state index in [1.165, 1.54) is 22.9 Å². The molecule has 76 valence electrons. The summed E-state index contributed by atoms with van der Waals surface area (Å²) in [5.41, 5.74) is 4.53. The zero-order chi connectivity index (χ0) is 10.4. The lowest BCUT2D eigenvalue weighted by Gasteiger charge is -2.24. The van der Waals surface area contributed by atoms with E-state index < -0.39 is 0 Å². The zero-order valence-corrected chi connectivity index (χ0v) is 11.5. The molecule has 0 saturated carbocycles. The summed E-state index contributed by atoms with van der Waals surface area (Å²) >= 11 is 8.63. The van der Waals surface area contributed by atoms with Crippen LogP contribution in [0.2, 0.25) is 0 Å². The van der Waals surface area contributed by atoms with Crippen LogP contribution in [0.5, 0.6) is 0 Å². The van der Waals surface area contributed by atoms with Gasteiger partial charge in [0.25, 0.3) is 0 Å². The summed E-state index contributed by atoms with van der Waals surface area (Å²) in [5.74, 6) is 0. The van der Waals surface area contributed by atoms with E-state index in [0.29, 0.717) is 0 Å². The second-order valence-electron chi connectivity index (χ2n) is 3.39. The monoisotopic (exact) mass is 344 g/mol. The molecule has 3 rings (SSSR count). The fraction of sp³-hybridized carbons (Fsp3) is 0.200. The van der Waals surface area contributed by atoms with Gasteiger partial charge in [-0.05, 0) is 5.56 Å². The van der Waals surface area contributed by atoms with Gasteiger partial charge in [-0.1, -0.05) is 56.1 Å². The molecule has 0 spiro atoms. The molecule has 1 heterocycles. The van der Waals surface area contributed by atoms with Gasteiger partial charge in [-0.15, -0.1) is 0 Å². The summed E-state index contributed by atoms with van der Waals surface area (Å²) in [6.07, 6.45) is 0. The van der Waals surface area contributed by atoms with Gasteiger partial charge >= 0.3 is 0 Å². The van der Waals surface area contributed by atoms with Crippen molar-refractivity contribution in [3.8, 4) is 11.3 Å². The normalized spacial score (nSPS) is 23.3. The van der Waals surface area contributed by atoms with E-state index in [9.17, 15) is 0 Å². The minimum absolute atomic E-state index is 0.209. The number of hydrogen-bond donors (Lipinski definition) is 0. The number of fused-ring (bicyclic) bond motifs is 3. The first kappa shape index (κ1) is 9.93. The largest absolute Gasteiger partial charge is 0.176 e.